The highest BCUT2D eigenvalue weighted by Crippen LogP contribution is 2.01. The molecule has 0 radical (unpaired) electrons. The molecule has 0 saturated carbocycles. The molecule has 0 aromatic heterocycles. The van der Waals surface area contributed by atoms with Gasteiger partial charge in [-0.15, -0.1) is 0 Å². The summed E-state index contributed by atoms with van der Waals surface area (Å²) in [5, 5.41) is 8.88. The number of hydrogen-bond donors (Lipinski definition) is 3. The first-order valence-electron chi connectivity index (χ1n) is 13.0. The van der Waals surface area contributed by atoms with E-state index < -0.39 is 0 Å². The van der Waals surface area contributed by atoms with Gasteiger partial charge in [0.25, 0.3) is 0 Å². The third-order valence-electron chi connectivity index (χ3n) is 4.04. The minimum absolute atomic E-state index is 0.0273. The van der Waals surface area contributed by atoms with E-state index in [-0.39, 0.29) is 11.8 Å². The predicted octanol–water partition coefficient (Wildman–Crippen LogP) is 3.06. The molecule has 33 heavy (non-hydrogen) atoms. The number of rotatable bonds is 8. The number of morpholine rings is 1. The van der Waals surface area contributed by atoms with Crippen LogP contribution in [-0.2, 0) is 19.1 Å². The van der Waals surface area contributed by atoms with Crippen LogP contribution in [0.25, 0.3) is 0 Å². The van der Waals surface area contributed by atoms with E-state index in [1.165, 1.54) is 6.92 Å². The molecule has 2 aliphatic heterocycles. The van der Waals surface area contributed by atoms with Crippen molar-refractivity contribution in [2.45, 2.75) is 81.2 Å². The smallest absolute Gasteiger partial charge is 0.219 e. The highest BCUT2D eigenvalue weighted by atomic mass is 16.5. The maximum absolute atomic E-state index is 10.9. The Kier molecular flexibility index (Phi) is 31.7. The first kappa shape index (κ1) is 36.4. The fourth-order valence-corrected chi connectivity index (χ4v) is 2.51. The molecule has 0 aromatic rings. The maximum atomic E-state index is 10.9. The average molecular weight is 477 g/mol. The fraction of sp³-hybridized carbons (Fsp3) is 0.920. The van der Waals surface area contributed by atoms with Crippen LogP contribution in [0.2, 0.25) is 0 Å². The van der Waals surface area contributed by atoms with E-state index in [0.717, 1.165) is 71.5 Å². The van der Waals surface area contributed by atoms with E-state index in [2.05, 4.69) is 41.6 Å². The molecular weight excluding hydrogens is 420 g/mol. The summed E-state index contributed by atoms with van der Waals surface area (Å²) in [6.45, 7) is 26.4. The van der Waals surface area contributed by atoms with E-state index in [1.807, 2.05) is 34.6 Å². The Morgan fingerprint density at radius 2 is 1.48 bits per heavy atom. The van der Waals surface area contributed by atoms with Gasteiger partial charge in [-0.2, -0.15) is 0 Å². The van der Waals surface area contributed by atoms with E-state index >= 15 is 0 Å². The normalized spacial score (nSPS) is 17.0. The van der Waals surface area contributed by atoms with Crippen molar-refractivity contribution in [3.8, 4) is 0 Å². The summed E-state index contributed by atoms with van der Waals surface area (Å²) >= 11 is 0. The summed E-state index contributed by atoms with van der Waals surface area (Å²) in [5.74, 6) is 0.993. The van der Waals surface area contributed by atoms with Gasteiger partial charge in [0.05, 0.1) is 19.8 Å². The van der Waals surface area contributed by atoms with Gasteiger partial charge < -0.3 is 25.4 Å². The van der Waals surface area contributed by atoms with E-state index in [9.17, 15) is 9.59 Å². The summed E-state index contributed by atoms with van der Waals surface area (Å²) in [6.07, 6.45) is 1.66. The zero-order valence-electron chi connectivity index (χ0n) is 23.2. The van der Waals surface area contributed by atoms with Crippen LogP contribution in [0.1, 0.15) is 75.2 Å². The molecule has 8 heteroatoms. The lowest BCUT2D eigenvalue weighted by Crippen LogP contribution is -2.41. The van der Waals surface area contributed by atoms with E-state index in [0.29, 0.717) is 19.0 Å². The molecule has 1 unspecified atom stereocenters. The van der Waals surface area contributed by atoms with Gasteiger partial charge >= 0.3 is 0 Å². The number of nitrogens with zero attached hydrogens (tertiary/aromatic N) is 1. The third-order valence-corrected chi connectivity index (χ3v) is 4.04. The van der Waals surface area contributed by atoms with Crippen molar-refractivity contribution in [1.82, 2.24) is 20.9 Å². The molecule has 2 rings (SSSR count). The monoisotopic (exact) mass is 476 g/mol. The topological polar surface area (TPSA) is 91.9 Å². The van der Waals surface area contributed by atoms with E-state index in [1.54, 1.807) is 0 Å². The lowest BCUT2D eigenvalue weighted by atomic mass is 10.2. The van der Waals surface area contributed by atoms with Crippen LogP contribution in [0.4, 0.5) is 0 Å². The van der Waals surface area contributed by atoms with Crippen molar-refractivity contribution >= 4 is 11.8 Å². The summed E-state index contributed by atoms with van der Waals surface area (Å²) in [6, 6.07) is 0.485. The van der Waals surface area contributed by atoms with Gasteiger partial charge in [-0.1, -0.05) is 55.4 Å². The van der Waals surface area contributed by atoms with Gasteiger partial charge in [0, 0.05) is 65.3 Å². The van der Waals surface area contributed by atoms with Gasteiger partial charge in [-0.3, -0.25) is 14.5 Å². The van der Waals surface area contributed by atoms with Gasteiger partial charge in [-0.05, 0) is 12.3 Å². The van der Waals surface area contributed by atoms with Crippen molar-refractivity contribution in [2.24, 2.45) is 5.92 Å². The molecule has 2 fully saturated rings. The number of amides is 2. The molecule has 2 amide bonds. The zero-order chi connectivity index (χ0) is 25.9. The number of hydrogen-bond acceptors (Lipinski definition) is 6. The van der Waals surface area contributed by atoms with Crippen LogP contribution in [0.5, 0.6) is 0 Å². The van der Waals surface area contributed by atoms with Crippen molar-refractivity contribution in [2.75, 3.05) is 65.7 Å². The second-order valence-electron chi connectivity index (χ2n) is 7.89. The second kappa shape index (κ2) is 28.8. The van der Waals surface area contributed by atoms with Gasteiger partial charge in [0.15, 0.2) is 0 Å². The summed E-state index contributed by atoms with van der Waals surface area (Å²) in [7, 11) is 0. The lowest BCUT2D eigenvalue weighted by Gasteiger charge is -2.26. The highest BCUT2D eigenvalue weighted by Gasteiger charge is 2.13. The molecule has 2 heterocycles. The highest BCUT2D eigenvalue weighted by molar-refractivity contribution is 5.75. The Balaban J connectivity index is -0.000000417. The van der Waals surface area contributed by atoms with Gasteiger partial charge in [-0.25, -0.2) is 0 Å². The van der Waals surface area contributed by atoms with Crippen molar-refractivity contribution in [3.63, 3.8) is 0 Å². The molecule has 8 nitrogen and oxygen atoms in total. The number of ether oxygens (including phenoxy) is 2. The minimum Gasteiger partial charge on any atom is -0.380 e. The van der Waals surface area contributed by atoms with Crippen LogP contribution in [-0.4, -0.2) is 88.5 Å². The molecule has 0 aliphatic carbocycles. The predicted molar refractivity (Wildman–Crippen MR) is 140 cm³/mol. The van der Waals surface area contributed by atoms with Crippen molar-refractivity contribution < 1.29 is 19.1 Å². The Labute approximate surface area is 204 Å². The third kappa shape index (κ3) is 30.8. The standard InChI is InChI=1S/C9H18N2O2.C8H16N2O2.C4H10.2C2H6/c1-2-9(12)10-3-4-11-5-7-13-8-6-11;1-7(11)9-3-4-10-8-2-5-12-6-8;1-4(2)3;2*1-2/h2-8H2,1H3,(H,10,12);8,10H,2-6H2,1H3,(H,9,11);4H,1-3H3;2*1-2H3. The van der Waals surface area contributed by atoms with Crippen molar-refractivity contribution in [1.29, 1.82) is 0 Å². The lowest BCUT2D eigenvalue weighted by molar-refractivity contribution is -0.121. The molecule has 0 bridgehead atoms. The zero-order valence-corrected chi connectivity index (χ0v) is 23.2. The maximum Gasteiger partial charge on any atom is 0.219 e. The molecule has 1 atom stereocenters. The molecule has 0 spiro atoms. The number of nitrogens with one attached hydrogen (secondary N) is 3. The summed E-state index contributed by atoms with van der Waals surface area (Å²) < 4.78 is 10.4. The first-order valence-corrected chi connectivity index (χ1v) is 13.0. The number of carbonyl (C=O) groups is 2. The SMILES string of the molecule is CC.CC.CC(=O)NCCNC1CCOC1.CC(C)C.CCC(=O)NCCN1CCOCC1. The minimum atomic E-state index is 0.0273. The quantitative estimate of drug-likeness (QED) is 0.466. The summed E-state index contributed by atoms with van der Waals surface area (Å²) in [5.41, 5.74) is 0. The fourth-order valence-electron chi connectivity index (χ4n) is 2.51. The van der Waals surface area contributed by atoms with Gasteiger partial charge in [0.2, 0.25) is 11.8 Å². The molecular formula is C25H56N4O4. The molecule has 2 saturated heterocycles. The summed E-state index contributed by atoms with van der Waals surface area (Å²) in [4.78, 5) is 23.7. The van der Waals surface area contributed by atoms with E-state index in [4.69, 9.17) is 9.47 Å². The molecule has 3 N–H and O–H groups in total. The average Bonchev–Trinajstić information content (AvgIpc) is 3.34. The molecule has 200 valence electrons. The van der Waals surface area contributed by atoms with Crippen LogP contribution in [0.3, 0.4) is 0 Å². The van der Waals surface area contributed by atoms with Crippen LogP contribution >= 0.6 is 0 Å². The first-order chi connectivity index (χ1) is 15.8. The Bertz CT molecular complexity index is 408. The molecule has 0 aromatic carbocycles. The largest absolute Gasteiger partial charge is 0.380 e. The second-order valence-corrected chi connectivity index (χ2v) is 7.89. The van der Waals surface area contributed by atoms with Crippen LogP contribution in [0, 0.1) is 5.92 Å². The molecule has 2 aliphatic rings. The van der Waals surface area contributed by atoms with Crippen LogP contribution < -0.4 is 16.0 Å². The van der Waals surface area contributed by atoms with Gasteiger partial charge in [0.1, 0.15) is 0 Å². The Morgan fingerprint density at radius 1 is 0.909 bits per heavy atom. The van der Waals surface area contributed by atoms with Crippen LogP contribution in [0.15, 0.2) is 0 Å². The Morgan fingerprint density at radius 3 is 1.94 bits per heavy atom. The number of carbonyl (C=O) groups excluding carboxylic acids is 2. The van der Waals surface area contributed by atoms with Crippen molar-refractivity contribution in [3.05, 3.63) is 0 Å². The Hall–Kier alpha value is -1.22.